The van der Waals surface area contributed by atoms with Crippen molar-refractivity contribution in [1.82, 2.24) is 4.98 Å². The molecular weight excluding hydrogens is 185 g/mol. The Bertz CT molecular complexity index is 485. The van der Waals surface area contributed by atoms with Gasteiger partial charge in [-0.2, -0.15) is 0 Å². The third kappa shape index (κ3) is 1.29. The number of aliphatic hydroxyl groups is 1. The van der Waals surface area contributed by atoms with Gasteiger partial charge in [-0.25, -0.2) is 4.39 Å². The molecule has 0 bridgehead atoms. The van der Waals surface area contributed by atoms with Crippen LogP contribution in [-0.4, -0.2) is 15.2 Å². The summed E-state index contributed by atoms with van der Waals surface area (Å²) in [5, 5.41) is 18.9. The summed E-state index contributed by atoms with van der Waals surface area (Å²) in [6.45, 7) is -0.286. The Labute approximate surface area is 79.5 Å². The van der Waals surface area contributed by atoms with Crippen molar-refractivity contribution in [2.75, 3.05) is 0 Å². The van der Waals surface area contributed by atoms with Gasteiger partial charge in [0.1, 0.15) is 11.6 Å². The number of fused-ring (bicyclic) bond motifs is 1. The molecule has 3 nitrogen and oxygen atoms in total. The van der Waals surface area contributed by atoms with Gasteiger partial charge in [0.2, 0.25) is 0 Å². The minimum Gasteiger partial charge on any atom is -0.507 e. The van der Waals surface area contributed by atoms with Crippen LogP contribution >= 0.6 is 0 Å². The van der Waals surface area contributed by atoms with E-state index in [1.165, 1.54) is 24.4 Å². The van der Waals surface area contributed by atoms with Crippen molar-refractivity contribution in [2.24, 2.45) is 0 Å². The lowest BCUT2D eigenvalue weighted by Crippen LogP contribution is -1.89. The third-order valence-electron chi connectivity index (χ3n) is 2.05. The molecular formula is C10H8FNO2. The molecule has 14 heavy (non-hydrogen) atoms. The average Bonchev–Trinajstić information content (AvgIpc) is 2.18. The minimum absolute atomic E-state index is 0.0440. The van der Waals surface area contributed by atoms with E-state index in [2.05, 4.69) is 4.98 Å². The van der Waals surface area contributed by atoms with Gasteiger partial charge in [-0.05, 0) is 12.1 Å². The van der Waals surface area contributed by atoms with E-state index < -0.39 is 5.82 Å². The quantitative estimate of drug-likeness (QED) is 0.722. The molecule has 1 aromatic heterocycles. The molecule has 0 aliphatic rings. The first-order valence-electron chi connectivity index (χ1n) is 4.09. The summed E-state index contributed by atoms with van der Waals surface area (Å²) in [7, 11) is 0. The van der Waals surface area contributed by atoms with Gasteiger partial charge in [0.05, 0.1) is 12.1 Å². The van der Waals surface area contributed by atoms with Crippen LogP contribution in [0.25, 0.3) is 10.9 Å². The van der Waals surface area contributed by atoms with Crippen molar-refractivity contribution in [1.29, 1.82) is 0 Å². The van der Waals surface area contributed by atoms with Crippen LogP contribution in [0, 0.1) is 5.82 Å². The lowest BCUT2D eigenvalue weighted by Gasteiger charge is -2.04. The SMILES string of the molecule is OCc1cnc2cc(F)ccc2c1O. The van der Waals surface area contributed by atoms with Crippen LogP contribution in [0.5, 0.6) is 5.75 Å². The molecule has 0 saturated carbocycles. The van der Waals surface area contributed by atoms with Crippen molar-refractivity contribution in [3.63, 3.8) is 0 Å². The highest BCUT2D eigenvalue weighted by Gasteiger charge is 2.06. The van der Waals surface area contributed by atoms with Gasteiger partial charge in [0.15, 0.2) is 0 Å². The Morgan fingerprint density at radius 2 is 2.14 bits per heavy atom. The Morgan fingerprint density at radius 1 is 1.36 bits per heavy atom. The molecule has 2 rings (SSSR count). The second-order valence-electron chi connectivity index (χ2n) is 2.95. The number of halogens is 1. The van der Waals surface area contributed by atoms with Crippen molar-refractivity contribution < 1.29 is 14.6 Å². The van der Waals surface area contributed by atoms with E-state index in [-0.39, 0.29) is 12.4 Å². The van der Waals surface area contributed by atoms with Crippen LogP contribution in [0.3, 0.4) is 0 Å². The van der Waals surface area contributed by atoms with Crippen LogP contribution in [0.2, 0.25) is 0 Å². The van der Waals surface area contributed by atoms with Crippen molar-refractivity contribution in [3.8, 4) is 5.75 Å². The fourth-order valence-corrected chi connectivity index (χ4v) is 1.31. The normalized spacial score (nSPS) is 10.7. The largest absolute Gasteiger partial charge is 0.507 e. The van der Waals surface area contributed by atoms with E-state index in [0.717, 1.165) is 0 Å². The molecule has 0 spiro atoms. The second kappa shape index (κ2) is 3.23. The molecule has 4 heteroatoms. The van der Waals surface area contributed by atoms with Gasteiger partial charge in [0, 0.05) is 23.2 Å². The molecule has 0 aliphatic carbocycles. The van der Waals surface area contributed by atoms with E-state index >= 15 is 0 Å². The van der Waals surface area contributed by atoms with Gasteiger partial charge in [0.25, 0.3) is 0 Å². The van der Waals surface area contributed by atoms with E-state index in [1.807, 2.05) is 0 Å². The van der Waals surface area contributed by atoms with Crippen LogP contribution in [0.15, 0.2) is 24.4 Å². The Morgan fingerprint density at radius 3 is 2.86 bits per heavy atom. The lowest BCUT2D eigenvalue weighted by atomic mass is 10.1. The van der Waals surface area contributed by atoms with Crippen molar-refractivity contribution >= 4 is 10.9 Å². The molecule has 0 radical (unpaired) electrons. The number of rotatable bonds is 1. The van der Waals surface area contributed by atoms with E-state index in [1.54, 1.807) is 0 Å². The maximum Gasteiger partial charge on any atom is 0.132 e. The lowest BCUT2D eigenvalue weighted by molar-refractivity contribution is 0.275. The predicted molar refractivity (Wildman–Crippen MR) is 49.3 cm³/mol. The van der Waals surface area contributed by atoms with Gasteiger partial charge in [-0.1, -0.05) is 0 Å². The number of hydrogen-bond donors (Lipinski definition) is 2. The van der Waals surface area contributed by atoms with Crippen LogP contribution in [-0.2, 0) is 6.61 Å². The summed E-state index contributed by atoms with van der Waals surface area (Å²) in [5.74, 6) is -0.446. The summed E-state index contributed by atoms with van der Waals surface area (Å²) in [5.41, 5.74) is 0.712. The highest BCUT2D eigenvalue weighted by molar-refractivity contribution is 5.85. The highest BCUT2D eigenvalue weighted by atomic mass is 19.1. The molecule has 1 heterocycles. The predicted octanol–water partition coefficient (Wildman–Crippen LogP) is 1.57. The maximum absolute atomic E-state index is 12.8. The smallest absolute Gasteiger partial charge is 0.132 e. The fourth-order valence-electron chi connectivity index (χ4n) is 1.31. The maximum atomic E-state index is 12.8. The summed E-state index contributed by atoms with van der Waals surface area (Å²) in [6, 6.07) is 3.91. The summed E-state index contributed by atoms with van der Waals surface area (Å²) in [6.07, 6.45) is 1.33. The molecule has 0 atom stereocenters. The molecule has 0 unspecified atom stereocenters. The second-order valence-corrected chi connectivity index (χ2v) is 2.95. The molecule has 2 N–H and O–H groups in total. The highest BCUT2D eigenvalue weighted by Crippen LogP contribution is 2.27. The zero-order chi connectivity index (χ0) is 10.1. The summed E-state index contributed by atoms with van der Waals surface area (Å²) >= 11 is 0. The first-order chi connectivity index (χ1) is 6.72. The number of aromatic nitrogens is 1. The zero-order valence-corrected chi connectivity index (χ0v) is 7.24. The van der Waals surface area contributed by atoms with E-state index in [0.29, 0.717) is 16.5 Å². The van der Waals surface area contributed by atoms with Gasteiger partial charge >= 0.3 is 0 Å². The number of nitrogens with zero attached hydrogens (tertiary/aromatic N) is 1. The minimum atomic E-state index is -0.402. The number of aliphatic hydroxyl groups excluding tert-OH is 1. The summed E-state index contributed by atoms with van der Waals surface area (Å²) < 4.78 is 12.8. The van der Waals surface area contributed by atoms with Crippen LogP contribution in [0.1, 0.15) is 5.56 Å². The molecule has 0 fully saturated rings. The first-order valence-corrected chi connectivity index (χ1v) is 4.09. The van der Waals surface area contributed by atoms with Crippen LogP contribution in [0.4, 0.5) is 4.39 Å². The Kier molecular flexibility index (Phi) is 2.05. The number of hydrogen-bond acceptors (Lipinski definition) is 3. The Hall–Kier alpha value is -1.68. The van der Waals surface area contributed by atoms with E-state index in [4.69, 9.17) is 5.11 Å². The topological polar surface area (TPSA) is 53.4 Å². The first kappa shape index (κ1) is 8.90. The molecule has 0 saturated heterocycles. The standard InChI is InChI=1S/C10H8FNO2/c11-7-1-2-8-9(3-7)12-4-6(5-13)10(8)14/h1-4,13H,5H2,(H,12,14). The fraction of sp³-hybridized carbons (Fsp3) is 0.100. The molecule has 2 aromatic rings. The molecule has 0 amide bonds. The number of pyridine rings is 1. The van der Waals surface area contributed by atoms with Crippen molar-refractivity contribution in [3.05, 3.63) is 35.8 Å². The number of benzene rings is 1. The molecule has 0 aliphatic heterocycles. The zero-order valence-electron chi connectivity index (χ0n) is 7.24. The molecule has 72 valence electrons. The average molecular weight is 193 g/mol. The van der Waals surface area contributed by atoms with Gasteiger partial charge in [-0.3, -0.25) is 4.98 Å². The molecule has 1 aromatic carbocycles. The Balaban J connectivity index is 2.77. The monoisotopic (exact) mass is 193 g/mol. The van der Waals surface area contributed by atoms with E-state index in [9.17, 15) is 9.50 Å². The third-order valence-corrected chi connectivity index (χ3v) is 2.05. The number of aromatic hydroxyl groups is 1. The van der Waals surface area contributed by atoms with Gasteiger partial charge < -0.3 is 10.2 Å². The van der Waals surface area contributed by atoms with Gasteiger partial charge in [-0.15, -0.1) is 0 Å². The van der Waals surface area contributed by atoms with Crippen LogP contribution < -0.4 is 0 Å². The summed E-state index contributed by atoms with van der Waals surface area (Å²) in [4.78, 5) is 3.91. The van der Waals surface area contributed by atoms with Crippen molar-refractivity contribution in [2.45, 2.75) is 6.61 Å².